The summed E-state index contributed by atoms with van der Waals surface area (Å²) in [6.45, 7) is 8.94. The summed E-state index contributed by atoms with van der Waals surface area (Å²) in [6.07, 6.45) is 2.97. The van der Waals surface area contributed by atoms with Crippen molar-refractivity contribution >= 4 is 43.9 Å². The highest BCUT2D eigenvalue weighted by molar-refractivity contribution is 6.28. The van der Waals surface area contributed by atoms with E-state index in [2.05, 4.69) is 64.1 Å². The summed E-state index contributed by atoms with van der Waals surface area (Å²) >= 11 is 0. The zero-order chi connectivity index (χ0) is 22.0. The normalized spacial score (nSPS) is 12.5. The van der Waals surface area contributed by atoms with Crippen LogP contribution < -0.4 is 0 Å². The highest BCUT2D eigenvalue weighted by Gasteiger charge is 2.22. The Morgan fingerprint density at radius 1 is 0.781 bits per heavy atom. The maximum absolute atomic E-state index is 6.45. The van der Waals surface area contributed by atoms with Gasteiger partial charge in [-0.2, -0.15) is 0 Å². The predicted octanol–water partition coefficient (Wildman–Crippen LogP) is 8.44. The Kier molecular flexibility index (Phi) is 4.00. The van der Waals surface area contributed by atoms with Crippen LogP contribution in [0, 0.1) is 12.3 Å². The smallest absolute Gasteiger partial charge is 0.145 e. The molecule has 0 spiro atoms. The van der Waals surface area contributed by atoms with Crippen LogP contribution in [0.3, 0.4) is 0 Å². The van der Waals surface area contributed by atoms with E-state index in [1.54, 1.807) is 0 Å². The number of para-hydroxylation sites is 2. The summed E-state index contributed by atoms with van der Waals surface area (Å²) < 4.78 is 12.8. The fraction of sp³-hybridized carbons (Fsp3) is 0.207. The van der Waals surface area contributed by atoms with Crippen LogP contribution in [0.25, 0.3) is 55.1 Å². The molecule has 0 atom stereocenters. The number of aryl methyl sites for hydroxylation is 1. The zero-order valence-electron chi connectivity index (χ0n) is 18.8. The van der Waals surface area contributed by atoms with Gasteiger partial charge in [-0.15, -0.1) is 0 Å². The van der Waals surface area contributed by atoms with E-state index in [0.29, 0.717) is 0 Å². The van der Waals surface area contributed by atoms with Crippen molar-refractivity contribution in [2.24, 2.45) is 5.41 Å². The first-order valence-electron chi connectivity index (χ1n) is 11.1. The van der Waals surface area contributed by atoms with Crippen LogP contribution in [-0.2, 0) is 6.42 Å². The van der Waals surface area contributed by atoms with Gasteiger partial charge in [0.15, 0.2) is 0 Å². The maximum atomic E-state index is 6.45. The minimum Gasteiger partial charge on any atom is -0.456 e. The van der Waals surface area contributed by atoms with Crippen LogP contribution >= 0.6 is 0 Å². The van der Waals surface area contributed by atoms with Gasteiger partial charge in [-0.3, -0.25) is 4.98 Å². The van der Waals surface area contributed by atoms with Crippen molar-refractivity contribution < 1.29 is 8.83 Å². The zero-order valence-corrected chi connectivity index (χ0v) is 18.8. The van der Waals surface area contributed by atoms with Gasteiger partial charge < -0.3 is 8.83 Å². The molecule has 0 amide bonds. The number of furan rings is 2. The molecule has 3 heterocycles. The molecule has 6 rings (SSSR count). The maximum Gasteiger partial charge on any atom is 0.145 e. The van der Waals surface area contributed by atoms with Gasteiger partial charge in [0.1, 0.15) is 22.3 Å². The monoisotopic (exact) mass is 419 g/mol. The van der Waals surface area contributed by atoms with Crippen molar-refractivity contribution in [3.63, 3.8) is 0 Å². The number of rotatable bonds is 2. The molecule has 6 aromatic rings. The average Bonchev–Trinajstić information content (AvgIpc) is 3.31. The van der Waals surface area contributed by atoms with Crippen molar-refractivity contribution in [1.82, 2.24) is 4.98 Å². The van der Waals surface area contributed by atoms with Crippen LogP contribution in [0.4, 0.5) is 0 Å². The Hall–Kier alpha value is -3.59. The van der Waals surface area contributed by atoms with E-state index in [4.69, 9.17) is 13.8 Å². The molecule has 3 heteroatoms. The molecule has 158 valence electrons. The number of hydrogen-bond donors (Lipinski definition) is 0. The van der Waals surface area contributed by atoms with Crippen molar-refractivity contribution in [3.8, 4) is 11.3 Å². The quantitative estimate of drug-likeness (QED) is 0.283. The number of hydrogen-bond acceptors (Lipinski definition) is 3. The topological polar surface area (TPSA) is 39.2 Å². The standard InChI is InChI=1S/C29H25NO2/c1-17-16-30-22(13-18(17)15-29(2,3)4)21-14-25-26(19-9-5-7-11-23(19)31-25)27-20-10-6-8-12-24(20)32-28(21)27/h5-14,16H,15H2,1-4H3. The Bertz CT molecular complexity index is 1640. The predicted molar refractivity (Wildman–Crippen MR) is 132 cm³/mol. The van der Waals surface area contributed by atoms with Crippen LogP contribution in [0.2, 0.25) is 0 Å². The molecule has 3 aromatic carbocycles. The Balaban J connectivity index is 1.73. The molecule has 0 N–H and O–H groups in total. The van der Waals surface area contributed by atoms with E-state index in [0.717, 1.165) is 61.6 Å². The summed E-state index contributed by atoms with van der Waals surface area (Å²) in [7, 11) is 0. The molecule has 3 aromatic heterocycles. The van der Waals surface area contributed by atoms with Gasteiger partial charge in [0.25, 0.3) is 0 Å². The minimum atomic E-state index is 0.195. The van der Waals surface area contributed by atoms with E-state index in [1.807, 2.05) is 30.5 Å². The highest BCUT2D eigenvalue weighted by Crippen LogP contribution is 2.44. The third-order valence-corrected chi connectivity index (χ3v) is 6.20. The largest absolute Gasteiger partial charge is 0.456 e. The van der Waals surface area contributed by atoms with E-state index < -0.39 is 0 Å². The number of pyridine rings is 1. The second-order valence-corrected chi connectivity index (χ2v) is 9.93. The summed E-state index contributed by atoms with van der Waals surface area (Å²) in [6, 6.07) is 20.7. The molecule has 32 heavy (non-hydrogen) atoms. The molecular weight excluding hydrogens is 394 g/mol. The van der Waals surface area contributed by atoms with Gasteiger partial charge >= 0.3 is 0 Å². The second kappa shape index (κ2) is 6.70. The molecule has 0 unspecified atom stereocenters. The van der Waals surface area contributed by atoms with Crippen LogP contribution in [-0.4, -0.2) is 4.98 Å². The molecule has 0 saturated heterocycles. The molecule has 0 saturated carbocycles. The lowest BCUT2D eigenvalue weighted by molar-refractivity contribution is 0.410. The van der Waals surface area contributed by atoms with Gasteiger partial charge in [0.05, 0.1) is 5.69 Å². The van der Waals surface area contributed by atoms with Crippen molar-refractivity contribution in [2.45, 2.75) is 34.1 Å². The van der Waals surface area contributed by atoms with E-state index in [1.165, 1.54) is 11.1 Å². The Morgan fingerprint density at radius 2 is 1.44 bits per heavy atom. The second-order valence-electron chi connectivity index (χ2n) is 9.93. The lowest BCUT2D eigenvalue weighted by atomic mass is 9.86. The molecule has 0 fully saturated rings. The van der Waals surface area contributed by atoms with Crippen LogP contribution in [0.15, 0.2) is 75.7 Å². The van der Waals surface area contributed by atoms with Crippen molar-refractivity contribution in [1.29, 1.82) is 0 Å². The molecule has 0 radical (unpaired) electrons. The SMILES string of the molecule is Cc1cnc(-c2cc3oc4ccccc4c3c3c2oc2ccccc23)cc1CC(C)(C)C. The van der Waals surface area contributed by atoms with Gasteiger partial charge in [0.2, 0.25) is 0 Å². The van der Waals surface area contributed by atoms with Crippen LogP contribution in [0.1, 0.15) is 31.9 Å². The number of fused-ring (bicyclic) bond motifs is 7. The molecule has 0 bridgehead atoms. The molecule has 3 nitrogen and oxygen atoms in total. The van der Waals surface area contributed by atoms with E-state index >= 15 is 0 Å². The molecule has 0 aliphatic rings. The number of aromatic nitrogens is 1. The number of nitrogens with zero attached hydrogens (tertiary/aromatic N) is 1. The van der Waals surface area contributed by atoms with Crippen molar-refractivity contribution in [3.05, 3.63) is 78.0 Å². The molecule has 0 aliphatic heterocycles. The first kappa shape index (κ1) is 19.1. The van der Waals surface area contributed by atoms with Crippen LogP contribution in [0.5, 0.6) is 0 Å². The van der Waals surface area contributed by atoms with Crippen molar-refractivity contribution in [2.75, 3.05) is 0 Å². The third kappa shape index (κ3) is 2.92. The summed E-state index contributed by atoms with van der Waals surface area (Å²) in [5.41, 5.74) is 8.11. The minimum absolute atomic E-state index is 0.195. The third-order valence-electron chi connectivity index (χ3n) is 6.20. The highest BCUT2D eigenvalue weighted by atomic mass is 16.3. The van der Waals surface area contributed by atoms with Gasteiger partial charge in [-0.1, -0.05) is 57.2 Å². The van der Waals surface area contributed by atoms with Gasteiger partial charge in [-0.05, 0) is 54.2 Å². The van der Waals surface area contributed by atoms with Gasteiger partial charge in [-0.25, -0.2) is 0 Å². The Morgan fingerprint density at radius 3 is 2.16 bits per heavy atom. The summed E-state index contributed by atoms with van der Waals surface area (Å²) in [5.74, 6) is 0. The first-order valence-corrected chi connectivity index (χ1v) is 11.1. The lowest BCUT2D eigenvalue weighted by Crippen LogP contribution is -2.10. The Labute approximate surface area is 186 Å². The van der Waals surface area contributed by atoms with E-state index in [-0.39, 0.29) is 5.41 Å². The average molecular weight is 420 g/mol. The molecule has 0 aliphatic carbocycles. The summed E-state index contributed by atoms with van der Waals surface area (Å²) in [4.78, 5) is 4.82. The first-order chi connectivity index (χ1) is 15.4. The van der Waals surface area contributed by atoms with E-state index in [9.17, 15) is 0 Å². The lowest BCUT2D eigenvalue weighted by Gasteiger charge is -2.20. The fourth-order valence-corrected chi connectivity index (χ4v) is 4.77. The molecular formula is C29H25NO2. The fourth-order valence-electron chi connectivity index (χ4n) is 4.77. The number of benzene rings is 3. The van der Waals surface area contributed by atoms with Gasteiger partial charge in [0, 0.05) is 33.3 Å². The summed E-state index contributed by atoms with van der Waals surface area (Å²) in [5, 5.41) is 4.41.